The van der Waals surface area contributed by atoms with Gasteiger partial charge in [-0.2, -0.15) is 11.3 Å². The second-order valence-corrected chi connectivity index (χ2v) is 4.74. The van der Waals surface area contributed by atoms with Gasteiger partial charge in [0.25, 0.3) is 0 Å². The Morgan fingerprint density at radius 2 is 1.94 bits per heavy atom. The first-order chi connectivity index (χ1) is 8.34. The Labute approximate surface area is 104 Å². The molecular formula is C14H12N2S. The maximum Gasteiger partial charge on any atom is 0.0734 e. The minimum atomic E-state index is -0.133. The molecule has 2 nitrogen and oxygen atoms in total. The second kappa shape index (κ2) is 4.28. The molecule has 0 aliphatic rings. The fourth-order valence-corrected chi connectivity index (χ4v) is 2.57. The lowest BCUT2D eigenvalue weighted by Gasteiger charge is -2.10. The van der Waals surface area contributed by atoms with Crippen molar-refractivity contribution >= 4 is 22.2 Å². The predicted octanol–water partition coefficient (Wildman–Crippen LogP) is 3.34. The molecule has 2 N–H and O–H groups in total. The molecule has 0 unspecified atom stereocenters. The largest absolute Gasteiger partial charge is 0.319 e. The number of nitrogens with two attached hydrogens (primary N) is 1. The van der Waals surface area contributed by atoms with Gasteiger partial charge in [-0.05, 0) is 34.5 Å². The van der Waals surface area contributed by atoms with Gasteiger partial charge in [0.15, 0.2) is 0 Å². The number of hydrogen-bond donors (Lipinski definition) is 1. The summed E-state index contributed by atoms with van der Waals surface area (Å²) in [6, 6.07) is 14.1. The smallest absolute Gasteiger partial charge is 0.0734 e. The van der Waals surface area contributed by atoms with Gasteiger partial charge in [0, 0.05) is 5.39 Å². The third-order valence-electron chi connectivity index (χ3n) is 2.84. The quantitative estimate of drug-likeness (QED) is 0.746. The Balaban J connectivity index is 2.06. The highest BCUT2D eigenvalue weighted by Gasteiger charge is 2.10. The van der Waals surface area contributed by atoms with Gasteiger partial charge in [0.2, 0.25) is 0 Å². The van der Waals surface area contributed by atoms with Gasteiger partial charge in [0.05, 0.1) is 17.3 Å². The van der Waals surface area contributed by atoms with Crippen LogP contribution in [0.4, 0.5) is 0 Å². The van der Waals surface area contributed by atoms with Gasteiger partial charge in [-0.25, -0.2) is 0 Å². The molecule has 3 heteroatoms. The van der Waals surface area contributed by atoms with Crippen LogP contribution in [-0.4, -0.2) is 4.98 Å². The Morgan fingerprint density at radius 3 is 2.76 bits per heavy atom. The summed E-state index contributed by atoms with van der Waals surface area (Å²) in [7, 11) is 0. The fraction of sp³-hybridized carbons (Fsp3) is 0.0714. The van der Waals surface area contributed by atoms with Crippen LogP contribution < -0.4 is 5.73 Å². The SMILES string of the molecule is N[C@@H](c1ccsc1)c1ccc2ccccc2n1. The molecule has 0 radical (unpaired) electrons. The van der Waals surface area contributed by atoms with Crippen LogP contribution in [0.2, 0.25) is 0 Å². The number of fused-ring (bicyclic) bond motifs is 1. The lowest BCUT2D eigenvalue weighted by atomic mass is 10.1. The van der Waals surface area contributed by atoms with E-state index in [-0.39, 0.29) is 6.04 Å². The first-order valence-electron chi connectivity index (χ1n) is 5.48. The van der Waals surface area contributed by atoms with Crippen LogP contribution in [0.3, 0.4) is 0 Å². The van der Waals surface area contributed by atoms with Crippen LogP contribution in [0.25, 0.3) is 10.9 Å². The molecule has 0 saturated carbocycles. The Kier molecular flexibility index (Phi) is 2.63. The lowest BCUT2D eigenvalue weighted by molar-refractivity contribution is 0.840. The molecule has 3 rings (SSSR count). The molecule has 0 spiro atoms. The predicted molar refractivity (Wildman–Crippen MR) is 72.1 cm³/mol. The first kappa shape index (κ1) is 10.4. The zero-order valence-electron chi connectivity index (χ0n) is 9.21. The van der Waals surface area contributed by atoms with E-state index in [2.05, 4.69) is 22.5 Å². The van der Waals surface area contributed by atoms with Crippen molar-refractivity contribution in [2.75, 3.05) is 0 Å². The van der Waals surface area contributed by atoms with Crippen LogP contribution in [-0.2, 0) is 0 Å². The molecule has 0 fully saturated rings. The second-order valence-electron chi connectivity index (χ2n) is 3.96. The Bertz CT molecular complexity index is 632. The number of pyridine rings is 1. The highest BCUT2D eigenvalue weighted by Crippen LogP contribution is 2.22. The molecule has 1 aromatic carbocycles. The molecular weight excluding hydrogens is 228 g/mol. The van der Waals surface area contributed by atoms with Crippen molar-refractivity contribution in [2.45, 2.75) is 6.04 Å². The van der Waals surface area contributed by atoms with Gasteiger partial charge >= 0.3 is 0 Å². The first-order valence-corrected chi connectivity index (χ1v) is 6.42. The van der Waals surface area contributed by atoms with Crippen molar-refractivity contribution in [3.05, 3.63) is 64.5 Å². The number of hydrogen-bond acceptors (Lipinski definition) is 3. The van der Waals surface area contributed by atoms with Crippen molar-refractivity contribution in [2.24, 2.45) is 5.73 Å². The van der Waals surface area contributed by atoms with Gasteiger partial charge < -0.3 is 5.73 Å². The average molecular weight is 240 g/mol. The Hall–Kier alpha value is -1.71. The lowest BCUT2D eigenvalue weighted by Crippen LogP contribution is -2.12. The monoisotopic (exact) mass is 240 g/mol. The highest BCUT2D eigenvalue weighted by atomic mass is 32.1. The minimum absolute atomic E-state index is 0.133. The highest BCUT2D eigenvalue weighted by molar-refractivity contribution is 7.08. The van der Waals surface area contributed by atoms with Crippen LogP contribution >= 0.6 is 11.3 Å². The van der Waals surface area contributed by atoms with E-state index in [1.54, 1.807) is 11.3 Å². The standard InChI is InChI=1S/C14H12N2S/c15-14(11-7-8-17-9-11)13-6-5-10-3-1-2-4-12(10)16-13/h1-9,14H,15H2/t14-/m0/s1. The van der Waals surface area contributed by atoms with E-state index in [1.807, 2.05) is 35.7 Å². The summed E-state index contributed by atoms with van der Waals surface area (Å²) >= 11 is 1.66. The van der Waals surface area contributed by atoms with Crippen molar-refractivity contribution in [3.63, 3.8) is 0 Å². The molecule has 3 aromatic rings. The number of aromatic nitrogens is 1. The van der Waals surface area contributed by atoms with Crippen LogP contribution in [0.1, 0.15) is 17.3 Å². The molecule has 84 valence electrons. The number of para-hydroxylation sites is 1. The summed E-state index contributed by atoms with van der Waals surface area (Å²) in [6.45, 7) is 0. The average Bonchev–Trinajstić information content (AvgIpc) is 2.91. The summed E-state index contributed by atoms with van der Waals surface area (Å²) in [5.41, 5.74) is 9.23. The zero-order chi connectivity index (χ0) is 11.7. The summed E-state index contributed by atoms with van der Waals surface area (Å²) in [4.78, 5) is 4.61. The van der Waals surface area contributed by atoms with Gasteiger partial charge in [-0.3, -0.25) is 4.98 Å². The third-order valence-corrected chi connectivity index (χ3v) is 3.54. The summed E-state index contributed by atoms with van der Waals surface area (Å²) in [6.07, 6.45) is 0. The van der Waals surface area contributed by atoms with Gasteiger partial charge in [-0.15, -0.1) is 0 Å². The summed E-state index contributed by atoms with van der Waals surface area (Å²) in [5, 5.41) is 5.26. The molecule has 2 aromatic heterocycles. The molecule has 0 aliphatic heterocycles. The molecule has 1 atom stereocenters. The van der Waals surface area contributed by atoms with Crippen LogP contribution in [0.5, 0.6) is 0 Å². The van der Waals surface area contributed by atoms with E-state index >= 15 is 0 Å². The van der Waals surface area contributed by atoms with Crippen molar-refractivity contribution in [3.8, 4) is 0 Å². The molecule has 0 saturated heterocycles. The summed E-state index contributed by atoms with van der Waals surface area (Å²) < 4.78 is 0. The molecule has 17 heavy (non-hydrogen) atoms. The molecule has 0 aliphatic carbocycles. The molecule has 2 heterocycles. The van der Waals surface area contributed by atoms with Gasteiger partial charge in [0.1, 0.15) is 0 Å². The molecule has 0 amide bonds. The normalized spacial score (nSPS) is 12.8. The topological polar surface area (TPSA) is 38.9 Å². The number of thiophene rings is 1. The van der Waals surface area contributed by atoms with E-state index in [1.165, 1.54) is 0 Å². The van der Waals surface area contributed by atoms with Gasteiger partial charge in [-0.1, -0.05) is 24.3 Å². The maximum absolute atomic E-state index is 6.20. The number of nitrogens with zero attached hydrogens (tertiary/aromatic N) is 1. The van der Waals surface area contributed by atoms with E-state index in [0.717, 1.165) is 22.2 Å². The van der Waals surface area contributed by atoms with E-state index in [4.69, 9.17) is 5.73 Å². The maximum atomic E-state index is 6.20. The third kappa shape index (κ3) is 1.95. The van der Waals surface area contributed by atoms with Crippen molar-refractivity contribution in [1.29, 1.82) is 0 Å². The van der Waals surface area contributed by atoms with E-state index in [0.29, 0.717) is 0 Å². The number of benzene rings is 1. The Morgan fingerprint density at radius 1 is 1.06 bits per heavy atom. The van der Waals surface area contributed by atoms with E-state index in [9.17, 15) is 0 Å². The number of rotatable bonds is 2. The minimum Gasteiger partial charge on any atom is -0.319 e. The zero-order valence-corrected chi connectivity index (χ0v) is 10.0. The van der Waals surface area contributed by atoms with Crippen LogP contribution in [0, 0.1) is 0 Å². The van der Waals surface area contributed by atoms with Crippen molar-refractivity contribution < 1.29 is 0 Å². The summed E-state index contributed by atoms with van der Waals surface area (Å²) in [5.74, 6) is 0. The fourth-order valence-electron chi connectivity index (χ4n) is 1.88. The van der Waals surface area contributed by atoms with Crippen LogP contribution in [0.15, 0.2) is 53.2 Å². The van der Waals surface area contributed by atoms with E-state index < -0.39 is 0 Å². The van der Waals surface area contributed by atoms with Crippen molar-refractivity contribution in [1.82, 2.24) is 4.98 Å². The molecule has 0 bridgehead atoms.